The van der Waals surface area contributed by atoms with E-state index in [1.807, 2.05) is 19.1 Å². The third-order valence-electron chi connectivity index (χ3n) is 4.01. The minimum absolute atomic E-state index is 0.0117. The number of hydrogen-bond donors (Lipinski definition) is 2. The predicted octanol–water partition coefficient (Wildman–Crippen LogP) is 4.68. The van der Waals surface area contributed by atoms with Gasteiger partial charge >= 0.3 is 0 Å². The van der Waals surface area contributed by atoms with E-state index in [0.717, 1.165) is 11.4 Å². The summed E-state index contributed by atoms with van der Waals surface area (Å²) in [5.41, 5.74) is 2.58. The van der Waals surface area contributed by atoms with Crippen LogP contribution in [-0.4, -0.2) is 23.3 Å². The van der Waals surface area contributed by atoms with Gasteiger partial charge in [0, 0.05) is 28.7 Å². The molecule has 0 aliphatic heterocycles. The number of amides is 1. The highest BCUT2D eigenvalue weighted by Gasteiger charge is 2.08. The predicted molar refractivity (Wildman–Crippen MR) is 110 cm³/mol. The number of hydrogen-bond acceptors (Lipinski definition) is 5. The van der Waals surface area contributed by atoms with Gasteiger partial charge in [-0.15, -0.1) is 0 Å². The van der Waals surface area contributed by atoms with Crippen molar-refractivity contribution in [2.75, 3.05) is 17.2 Å². The van der Waals surface area contributed by atoms with Gasteiger partial charge in [0.15, 0.2) is 5.78 Å². The van der Waals surface area contributed by atoms with Crippen molar-refractivity contribution < 1.29 is 14.3 Å². The number of carbonyl (C=O) groups excluding carboxylic acids is 2. The average molecular weight is 375 g/mol. The summed E-state index contributed by atoms with van der Waals surface area (Å²) in [6, 6.07) is 17.6. The van der Waals surface area contributed by atoms with Crippen molar-refractivity contribution in [1.82, 2.24) is 4.98 Å². The summed E-state index contributed by atoms with van der Waals surface area (Å²) in [4.78, 5) is 28.1. The first-order chi connectivity index (χ1) is 13.5. The van der Waals surface area contributed by atoms with Gasteiger partial charge in [-0.2, -0.15) is 0 Å². The van der Waals surface area contributed by atoms with Crippen LogP contribution in [0.3, 0.4) is 0 Å². The molecule has 0 spiro atoms. The molecule has 1 aromatic heterocycles. The number of ketones is 1. The molecule has 3 aromatic rings. The third-order valence-corrected chi connectivity index (χ3v) is 4.01. The van der Waals surface area contributed by atoms with Crippen LogP contribution < -0.4 is 15.4 Å². The second-order valence-corrected chi connectivity index (χ2v) is 6.10. The second kappa shape index (κ2) is 8.81. The molecule has 28 heavy (non-hydrogen) atoms. The fourth-order valence-electron chi connectivity index (χ4n) is 2.58. The fourth-order valence-corrected chi connectivity index (χ4v) is 2.58. The Hall–Kier alpha value is -3.67. The highest BCUT2D eigenvalue weighted by molar-refractivity contribution is 6.04. The number of Topliss-reactive ketones (excluding diaryl/α,β-unsaturated/α-hetero) is 1. The van der Waals surface area contributed by atoms with E-state index in [1.165, 1.54) is 6.92 Å². The number of pyridine rings is 1. The van der Waals surface area contributed by atoms with Crippen LogP contribution in [0.1, 0.15) is 34.6 Å². The van der Waals surface area contributed by atoms with Crippen molar-refractivity contribution in [3.8, 4) is 5.75 Å². The van der Waals surface area contributed by atoms with Gasteiger partial charge in [0.05, 0.1) is 6.61 Å². The maximum absolute atomic E-state index is 12.5. The largest absolute Gasteiger partial charge is 0.494 e. The second-order valence-electron chi connectivity index (χ2n) is 6.10. The lowest BCUT2D eigenvalue weighted by Gasteiger charge is -2.09. The van der Waals surface area contributed by atoms with Crippen molar-refractivity contribution >= 4 is 28.9 Å². The van der Waals surface area contributed by atoms with Gasteiger partial charge in [0.1, 0.15) is 11.6 Å². The average Bonchev–Trinajstić information content (AvgIpc) is 2.70. The van der Waals surface area contributed by atoms with Gasteiger partial charge in [-0.25, -0.2) is 4.98 Å². The number of carbonyl (C=O) groups is 2. The summed E-state index contributed by atoms with van der Waals surface area (Å²) in [5.74, 6) is 1.07. The summed E-state index contributed by atoms with van der Waals surface area (Å²) in [6.07, 6.45) is 1.57. The molecule has 2 N–H and O–H groups in total. The molecule has 0 aliphatic carbocycles. The molecular weight excluding hydrogens is 354 g/mol. The molecular formula is C22H21N3O3. The third kappa shape index (κ3) is 4.94. The molecule has 0 atom stereocenters. The van der Waals surface area contributed by atoms with E-state index in [4.69, 9.17) is 4.74 Å². The van der Waals surface area contributed by atoms with Crippen LogP contribution in [0, 0.1) is 0 Å². The number of rotatable bonds is 7. The molecule has 0 saturated heterocycles. The van der Waals surface area contributed by atoms with Gasteiger partial charge in [0.25, 0.3) is 5.91 Å². The van der Waals surface area contributed by atoms with Crippen LogP contribution in [0.25, 0.3) is 0 Å². The molecule has 0 unspecified atom stereocenters. The van der Waals surface area contributed by atoms with E-state index >= 15 is 0 Å². The van der Waals surface area contributed by atoms with Crippen molar-refractivity contribution in [1.29, 1.82) is 0 Å². The smallest absolute Gasteiger partial charge is 0.255 e. The zero-order valence-electron chi connectivity index (χ0n) is 15.7. The number of aromatic nitrogens is 1. The van der Waals surface area contributed by atoms with E-state index in [-0.39, 0.29) is 11.7 Å². The topological polar surface area (TPSA) is 80.3 Å². The molecule has 0 bridgehead atoms. The lowest BCUT2D eigenvalue weighted by atomic mass is 10.1. The zero-order valence-corrected chi connectivity index (χ0v) is 15.7. The molecule has 1 heterocycles. The first-order valence-corrected chi connectivity index (χ1v) is 8.93. The van der Waals surface area contributed by atoms with Crippen LogP contribution in [0.2, 0.25) is 0 Å². The van der Waals surface area contributed by atoms with Gasteiger partial charge < -0.3 is 15.4 Å². The van der Waals surface area contributed by atoms with E-state index in [9.17, 15) is 9.59 Å². The summed E-state index contributed by atoms with van der Waals surface area (Å²) in [7, 11) is 0. The Balaban J connectivity index is 1.68. The minimum atomic E-state index is -0.235. The molecule has 3 rings (SSSR count). The maximum atomic E-state index is 12.5. The van der Waals surface area contributed by atoms with Crippen molar-refractivity contribution in [3.63, 3.8) is 0 Å². The van der Waals surface area contributed by atoms with Crippen molar-refractivity contribution in [3.05, 3.63) is 78.0 Å². The summed E-state index contributed by atoms with van der Waals surface area (Å²) < 4.78 is 5.40. The van der Waals surface area contributed by atoms with Crippen molar-refractivity contribution in [2.24, 2.45) is 0 Å². The Morgan fingerprint density at radius 1 is 0.929 bits per heavy atom. The Kier molecular flexibility index (Phi) is 6.01. The lowest BCUT2D eigenvalue weighted by molar-refractivity contribution is 0.101. The van der Waals surface area contributed by atoms with Crippen LogP contribution in [0.4, 0.5) is 17.2 Å². The SMILES string of the molecule is CCOc1ccc(NC(=O)c2ccnc(Nc3ccc(C(C)=O)cc3)c2)cc1. The van der Waals surface area contributed by atoms with Crippen LogP contribution in [-0.2, 0) is 0 Å². The molecule has 0 saturated carbocycles. The molecule has 142 valence electrons. The van der Waals surface area contributed by atoms with Crippen LogP contribution in [0.5, 0.6) is 5.75 Å². The van der Waals surface area contributed by atoms with E-state index in [1.54, 1.807) is 54.7 Å². The summed E-state index contributed by atoms with van der Waals surface area (Å²) >= 11 is 0. The first-order valence-electron chi connectivity index (χ1n) is 8.93. The van der Waals surface area contributed by atoms with E-state index < -0.39 is 0 Å². The molecule has 2 aromatic carbocycles. The molecule has 6 nitrogen and oxygen atoms in total. The van der Waals surface area contributed by atoms with E-state index in [2.05, 4.69) is 15.6 Å². The normalized spacial score (nSPS) is 10.2. The zero-order chi connectivity index (χ0) is 19.9. The Morgan fingerprint density at radius 3 is 2.25 bits per heavy atom. The highest BCUT2D eigenvalue weighted by atomic mass is 16.5. The van der Waals surface area contributed by atoms with Crippen molar-refractivity contribution in [2.45, 2.75) is 13.8 Å². The van der Waals surface area contributed by atoms with Gasteiger partial charge in [-0.05, 0) is 74.5 Å². The van der Waals surface area contributed by atoms with Gasteiger partial charge in [0.2, 0.25) is 0 Å². The first kappa shape index (κ1) is 19.1. The fraction of sp³-hybridized carbons (Fsp3) is 0.136. The number of nitrogens with zero attached hydrogens (tertiary/aromatic N) is 1. The van der Waals surface area contributed by atoms with Gasteiger partial charge in [-0.3, -0.25) is 9.59 Å². The highest BCUT2D eigenvalue weighted by Crippen LogP contribution is 2.19. The Morgan fingerprint density at radius 2 is 1.61 bits per heavy atom. The summed E-state index contributed by atoms with van der Waals surface area (Å²) in [5, 5.41) is 5.98. The molecule has 0 fully saturated rings. The number of anilines is 3. The number of ether oxygens (including phenoxy) is 1. The van der Waals surface area contributed by atoms with Crippen LogP contribution in [0.15, 0.2) is 66.9 Å². The standard InChI is InChI=1S/C22H21N3O3/c1-3-28-20-10-8-19(9-11-20)25-22(27)17-12-13-23-21(14-17)24-18-6-4-16(5-7-18)15(2)26/h4-14H,3H2,1-2H3,(H,23,24)(H,25,27). The molecule has 0 radical (unpaired) electrons. The summed E-state index contributed by atoms with van der Waals surface area (Å²) in [6.45, 7) is 4.04. The minimum Gasteiger partial charge on any atom is -0.494 e. The Labute approximate surface area is 163 Å². The van der Waals surface area contributed by atoms with E-state index in [0.29, 0.717) is 29.2 Å². The Bertz CT molecular complexity index is 967. The number of nitrogens with one attached hydrogen (secondary N) is 2. The monoisotopic (exact) mass is 375 g/mol. The van der Waals surface area contributed by atoms with Gasteiger partial charge in [-0.1, -0.05) is 0 Å². The molecule has 6 heteroatoms. The molecule has 1 amide bonds. The lowest BCUT2D eigenvalue weighted by Crippen LogP contribution is -2.12. The molecule has 0 aliphatic rings. The quantitative estimate of drug-likeness (QED) is 0.586. The number of benzene rings is 2. The maximum Gasteiger partial charge on any atom is 0.255 e. The van der Waals surface area contributed by atoms with Crippen LogP contribution >= 0.6 is 0 Å².